The van der Waals surface area contributed by atoms with E-state index in [4.69, 9.17) is 9.84 Å². The molecule has 0 bridgehead atoms. The van der Waals surface area contributed by atoms with E-state index in [1.54, 1.807) is 7.11 Å². The Kier molecular flexibility index (Phi) is 5.39. The zero-order valence-electron chi connectivity index (χ0n) is 10.3. The number of aliphatic hydroxyl groups excluding tert-OH is 1. The van der Waals surface area contributed by atoms with Crippen molar-refractivity contribution in [2.45, 2.75) is 25.7 Å². The highest BCUT2D eigenvalue weighted by Gasteiger charge is 2.43. The molecule has 0 saturated heterocycles. The van der Waals surface area contributed by atoms with Gasteiger partial charge in [0.15, 0.2) is 0 Å². The van der Waals surface area contributed by atoms with Crippen LogP contribution in [-0.2, 0) is 9.53 Å². The van der Waals surface area contributed by atoms with Gasteiger partial charge in [0.2, 0.25) is 5.91 Å². The Hall–Kier alpha value is -1.12. The number of ether oxygens (including phenoxy) is 1. The minimum Gasteiger partial charge on any atom is -0.395 e. The second-order valence-electron chi connectivity index (χ2n) is 4.41. The molecule has 1 rings (SSSR count). The van der Waals surface area contributed by atoms with Crippen LogP contribution in [0.15, 0.2) is 0 Å². The summed E-state index contributed by atoms with van der Waals surface area (Å²) >= 11 is 0. The van der Waals surface area contributed by atoms with E-state index in [0.29, 0.717) is 26.0 Å². The van der Waals surface area contributed by atoms with Gasteiger partial charge in [-0.2, -0.15) is 5.26 Å². The number of hydrogen-bond acceptors (Lipinski definition) is 4. The Balaban J connectivity index is 2.71. The van der Waals surface area contributed by atoms with E-state index in [-0.39, 0.29) is 19.1 Å². The van der Waals surface area contributed by atoms with Crippen LogP contribution >= 0.6 is 0 Å². The van der Waals surface area contributed by atoms with Crippen molar-refractivity contribution in [3.8, 4) is 6.07 Å². The van der Waals surface area contributed by atoms with Crippen LogP contribution in [0, 0.1) is 16.7 Å². The summed E-state index contributed by atoms with van der Waals surface area (Å²) in [6.07, 6.45) is 3.13. The van der Waals surface area contributed by atoms with Crippen LogP contribution in [-0.4, -0.2) is 49.3 Å². The van der Waals surface area contributed by atoms with Crippen LogP contribution in [0.3, 0.4) is 0 Å². The van der Waals surface area contributed by atoms with Crippen molar-refractivity contribution in [3.63, 3.8) is 0 Å². The van der Waals surface area contributed by atoms with Gasteiger partial charge in [-0.3, -0.25) is 4.79 Å². The predicted octanol–water partition coefficient (Wildman–Crippen LogP) is 0.538. The van der Waals surface area contributed by atoms with E-state index in [0.717, 1.165) is 12.8 Å². The normalized spacial score (nSPS) is 17.7. The summed E-state index contributed by atoms with van der Waals surface area (Å²) in [4.78, 5) is 13.9. The molecule has 0 aliphatic heterocycles. The van der Waals surface area contributed by atoms with E-state index < -0.39 is 5.41 Å². The molecule has 1 saturated carbocycles. The van der Waals surface area contributed by atoms with Gasteiger partial charge in [0.25, 0.3) is 0 Å². The highest BCUT2D eigenvalue weighted by atomic mass is 16.5. The summed E-state index contributed by atoms with van der Waals surface area (Å²) in [5, 5.41) is 18.2. The molecule has 0 aromatic heterocycles. The molecule has 0 atom stereocenters. The predicted molar refractivity (Wildman–Crippen MR) is 62.1 cm³/mol. The molecule has 17 heavy (non-hydrogen) atoms. The zero-order chi connectivity index (χ0) is 12.7. The Morgan fingerprint density at radius 3 is 2.59 bits per heavy atom. The lowest BCUT2D eigenvalue weighted by Crippen LogP contribution is -2.44. The summed E-state index contributed by atoms with van der Waals surface area (Å²) in [6.45, 7) is 1.04. The third-order valence-electron chi connectivity index (χ3n) is 3.30. The molecule has 0 aromatic rings. The van der Waals surface area contributed by atoms with E-state index in [1.807, 2.05) is 0 Å². The minimum atomic E-state index is -0.858. The molecular formula is C12H20N2O3. The van der Waals surface area contributed by atoms with Gasteiger partial charge in [-0.1, -0.05) is 12.8 Å². The van der Waals surface area contributed by atoms with Gasteiger partial charge in [-0.05, 0) is 12.8 Å². The average molecular weight is 240 g/mol. The molecule has 1 N–H and O–H groups in total. The summed E-state index contributed by atoms with van der Waals surface area (Å²) in [5.41, 5.74) is -0.858. The Labute approximate surface area is 102 Å². The molecule has 0 radical (unpaired) electrons. The fraction of sp³-hybridized carbons (Fsp3) is 0.833. The number of rotatable bonds is 6. The largest absolute Gasteiger partial charge is 0.395 e. The molecule has 5 heteroatoms. The van der Waals surface area contributed by atoms with Crippen LogP contribution < -0.4 is 0 Å². The van der Waals surface area contributed by atoms with E-state index in [9.17, 15) is 10.1 Å². The van der Waals surface area contributed by atoms with Crippen LogP contribution in [0.25, 0.3) is 0 Å². The van der Waals surface area contributed by atoms with E-state index in [2.05, 4.69) is 6.07 Å². The van der Waals surface area contributed by atoms with Crippen molar-refractivity contribution in [2.24, 2.45) is 5.41 Å². The molecule has 1 aliphatic carbocycles. The highest BCUT2D eigenvalue weighted by molar-refractivity contribution is 5.85. The lowest BCUT2D eigenvalue weighted by molar-refractivity contribution is -0.140. The van der Waals surface area contributed by atoms with E-state index in [1.165, 1.54) is 4.90 Å². The van der Waals surface area contributed by atoms with Gasteiger partial charge in [0.1, 0.15) is 5.41 Å². The van der Waals surface area contributed by atoms with Gasteiger partial charge in [-0.15, -0.1) is 0 Å². The molecule has 0 spiro atoms. The lowest BCUT2D eigenvalue weighted by atomic mass is 9.86. The number of carbonyl (C=O) groups excluding carboxylic acids is 1. The molecule has 1 fully saturated rings. The quantitative estimate of drug-likeness (QED) is 0.735. The summed E-state index contributed by atoms with van der Waals surface area (Å²) < 4.78 is 4.94. The Bertz CT molecular complexity index is 293. The van der Waals surface area contributed by atoms with Gasteiger partial charge in [-0.25, -0.2) is 0 Å². The lowest BCUT2D eigenvalue weighted by Gasteiger charge is -2.29. The third-order valence-corrected chi connectivity index (χ3v) is 3.30. The maximum absolute atomic E-state index is 12.3. The molecule has 0 aromatic carbocycles. The van der Waals surface area contributed by atoms with Gasteiger partial charge >= 0.3 is 0 Å². The summed E-state index contributed by atoms with van der Waals surface area (Å²) in [7, 11) is 1.57. The standard InChI is InChI=1S/C12H20N2O3/c1-17-9-7-14(6-8-15)11(16)12(10-13)4-2-3-5-12/h15H,2-9H2,1H3. The number of hydrogen-bond donors (Lipinski definition) is 1. The van der Waals surface area contributed by atoms with Crippen molar-refractivity contribution in [1.82, 2.24) is 4.90 Å². The number of nitrogens with zero attached hydrogens (tertiary/aromatic N) is 2. The van der Waals surface area contributed by atoms with Crippen LogP contribution in [0.2, 0.25) is 0 Å². The second-order valence-corrected chi connectivity index (χ2v) is 4.41. The molecule has 96 valence electrons. The third kappa shape index (κ3) is 3.18. The Morgan fingerprint density at radius 1 is 1.47 bits per heavy atom. The van der Waals surface area contributed by atoms with Crippen molar-refractivity contribution in [1.29, 1.82) is 5.26 Å². The summed E-state index contributed by atoms with van der Waals surface area (Å²) in [6, 6.07) is 2.18. The van der Waals surface area contributed by atoms with Crippen molar-refractivity contribution in [2.75, 3.05) is 33.4 Å². The number of aliphatic hydroxyl groups is 1. The molecule has 0 heterocycles. The van der Waals surface area contributed by atoms with Crippen molar-refractivity contribution in [3.05, 3.63) is 0 Å². The van der Waals surface area contributed by atoms with Gasteiger partial charge < -0.3 is 14.7 Å². The maximum Gasteiger partial charge on any atom is 0.243 e. The minimum absolute atomic E-state index is 0.0863. The fourth-order valence-electron chi connectivity index (χ4n) is 2.29. The average Bonchev–Trinajstić information content (AvgIpc) is 2.83. The number of carbonyl (C=O) groups is 1. The first-order valence-electron chi connectivity index (χ1n) is 6.00. The SMILES string of the molecule is COCCN(CCO)C(=O)C1(C#N)CCCC1. The van der Waals surface area contributed by atoms with Crippen LogP contribution in [0.5, 0.6) is 0 Å². The fourth-order valence-corrected chi connectivity index (χ4v) is 2.29. The van der Waals surface area contributed by atoms with Crippen LogP contribution in [0.1, 0.15) is 25.7 Å². The molecule has 0 unspecified atom stereocenters. The van der Waals surface area contributed by atoms with Crippen molar-refractivity contribution >= 4 is 5.91 Å². The number of nitriles is 1. The van der Waals surface area contributed by atoms with E-state index >= 15 is 0 Å². The molecule has 1 aliphatic rings. The monoisotopic (exact) mass is 240 g/mol. The van der Waals surface area contributed by atoms with Gasteiger partial charge in [0, 0.05) is 20.2 Å². The van der Waals surface area contributed by atoms with Crippen LogP contribution in [0.4, 0.5) is 0 Å². The van der Waals surface area contributed by atoms with Gasteiger partial charge in [0.05, 0.1) is 19.3 Å². The first-order valence-corrected chi connectivity index (χ1v) is 6.00. The molecular weight excluding hydrogens is 220 g/mol. The smallest absolute Gasteiger partial charge is 0.243 e. The zero-order valence-corrected chi connectivity index (χ0v) is 10.3. The molecule has 1 amide bonds. The summed E-state index contributed by atoms with van der Waals surface area (Å²) in [5.74, 6) is -0.149. The first-order chi connectivity index (χ1) is 8.20. The second kappa shape index (κ2) is 6.58. The maximum atomic E-state index is 12.3. The Morgan fingerprint density at radius 2 is 2.12 bits per heavy atom. The number of methoxy groups -OCH3 is 1. The first kappa shape index (κ1) is 13.9. The number of amides is 1. The van der Waals surface area contributed by atoms with Crippen molar-refractivity contribution < 1.29 is 14.6 Å². The highest BCUT2D eigenvalue weighted by Crippen LogP contribution is 2.39. The topological polar surface area (TPSA) is 73.6 Å². The molecule has 5 nitrogen and oxygen atoms in total.